The van der Waals surface area contributed by atoms with Crippen molar-refractivity contribution in [1.29, 1.82) is 0 Å². The van der Waals surface area contributed by atoms with E-state index in [0.29, 0.717) is 0 Å². The van der Waals surface area contributed by atoms with Gasteiger partial charge in [-0.2, -0.15) is 0 Å². The first-order valence-electron chi connectivity index (χ1n) is 8.57. The van der Waals surface area contributed by atoms with Crippen LogP contribution in [0.1, 0.15) is 75.8 Å². The van der Waals surface area contributed by atoms with Gasteiger partial charge in [0, 0.05) is 0 Å². The molecule has 0 N–H and O–H groups in total. The van der Waals surface area contributed by atoms with Crippen molar-refractivity contribution in [2.75, 3.05) is 0 Å². The van der Waals surface area contributed by atoms with Crippen LogP contribution in [0.5, 0.6) is 0 Å². The molecule has 115 valence electrons. The molecule has 1 aliphatic heterocycles. The van der Waals surface area contributed by atoms with Crippen LogP contribution in [0.2, 0.25) is 0 Å². The van der Waals surface area contributed by atoms with E-state index in [1.165, 1.54) is 68.9 Å². The highest BCUT2D eigenvalue weighted by atomic mass is 15.5. The summed E-state index contributed by atoms with van der Waals surface area (Å²) in [5, 5.41) is 7.97. The number of fused-ring (bicyclic) bond motifs is 1. The molecule has 3 nitrogen and oxygen atoms in total. The molecule has 1 aliphatic rings. The zero-order valence-corrected chi connectivity index (χ0v) is 13.6. The third-order valence-electron chi connectivity index (χ3n) is 4.32. The summed E-state index contributed by atoms with van der Waals surface area (Å²) in [6.45, 7) is 4.44. The molecule has 0 unspecified atom stereocenters. The lowest BCUT2D eigenvalue weighted by Gasteiger charge is -2.08. The van der Waals surface area contributed by atoms with Gasteiger partial charge in [0.1, 0.15) is 11.4 Å². The minimum absolute atomic E-state index is 0.937. The maximum absolute atomic E-state index is 4.18. The molecule has 0 amide bonds. The van der Waals surface area contributed by atoms with Crippen LogP contribution in [-0.4, -0.2) is 0 Å². The molecule has 0 saturated carbocycles. The molecule has 0 saturated heterocycles. The smallest absolute Gasteiger partial charge is 0.118 e. The molecule has 1 radical (unpaired) electrons. The van der Waals surface area contributed by atoms with Crippen LogP contribution in [0.15, 0.2) is 22.5 Å². The SMILES string of the molecule is CCCCCCCCCCCc1c(C)ccc2c1N=N[N]2. The molecule has 3 heteroatoms. The Morgan fingerprint density at radius 2 is 1.52 bits per heavy atom. The molecule has 0 spiro atoms. The monoisotopic (exact) mass is 286 g/mol. The third-order valence-corrected chi connectivity index (χ3v) is 4.32. The summed E-state index contributed by atoms with van der Waals surface area (Å²) in [4.78, 5) is 0. The zero-order valence-electron chi connectivity index (χ0n) is 13.6. The second kappa shape index (κ2) is 8.81. The van der Waals surface area contributed by atoms with Gasteiger partial charge in [0.05, 0.1) is 0 Å². The second-order valence-corrected chi connectivity index (χ2v) is 6.10. The maximum atomic E-state index is 4.18. The van der Waals surface area contributed by atoms with Crippen LogP contribution in [0, 0.1) is 6.92 Å². The summed E-state index contributed by atoms with van der Waals surface area (Å²) in [6.07, 6.45) is 13.4. The highest BCUT2D eigenvalue weighted by molar-refractivity contribution is 5.68. The Hall–Kier alpha value is -1.38. The van der Waals surface area contributed by atoms with Gasteiger partial charge in [-0.1, -0.05) is 64.4 Å². The van der Waals surface area contributed by atoms with Gasteiger partial charge in [0.15, 0.2) is 0 Å². The van der Waals surface area contributed by atoms with Crippen LogP contribution in [0.3, 0.4) is 0 Å². The first-order chi connectivity index (χ1) is 10.3. The summed E-state index contributed by atoms with van der Waals surface area (Å²) >= 11 is 0. The van der Waals surface area contributed by atoms with Crippen LogP contribution >= 0.6 is 0 Å². The van der Waals surface area contributed by atoms with Crippen molar-refractivity contribution in [3.63, 3.8) is 0 Å². The van der Waals surface area contributed by atoms with E-state index in [-0.39, 0.29) is 0 Å². The van der Waals surface area contributed by atoms with Gasteiger partial charge in [-0.15, -0.1) is 10.5 Å². The lowest BCUT2D eigenvalue weighted by atomic mass is 9.98. The number of hydrogen-bond acceptors (Lipinski definition) is 2. The molecular weight excluding hydrogens is 258 g/mol. The van der Waals surface area contributed by atoms with Crippen LogP contribution in [-0.2, 0) is 6.42 Å². The van der Waals surface area contributed by atoms with Crippen molar-refractivity contribution in [3.05, 3.63) is 23.3 Å². The second-order valence-electron chi connectivity index (χ2n) is 6.10. The van der Waals surface area contributed by atoms with E-state index >= 15 is 0 Å². The van der Waals surface area contributed by atoms with E-state index in [1.807, 2.05) is 6.07 Å². The van der Waals surface area contributed by atoms with Crippen LogP contribution in [0.4, 0.5) is 11.4 Å². The predicted molar refractivity (Wildman–Crippen MR) is 88.4 cm³/mol. The van der Waals surface area contributed by atoms with E-state index in [9.17, 15) is 0 Å². The summed E-state index contributed by atoms with van der Waals surface area (Å²) in [5.74, 6) is 0. The predicted octanol–water partition coefficient (Wildman–Crippen LogP) is 6.32. The molecule has 0 aromatic heterocycles. The Morgan fingerprint density at radius 3 is 2.24 bits per heavy atom. The normalized spacial score (nSPS) is 12.5. The van der Waals surface area contributed by atoms with Crippen molar-refractivity contribution in [2.45, 2.75) is 78.1 Å². The summed E-state index contributed by atoms with van der Waals surface area (Å²) in [6, 6.07) is 4.16. The van der Waals surface area contributed by atoms with Crippen molar-refractivity contribution in [2.24, 2.45) is 10.3 Å². The van der Waals surface area contributed by atoms with E-state index in [4.69, 9.17) is 0 Å². The van der Waals surface area contributed by atoms with Crippen LogP contribution in [0.25, 0.3) is 0 Å². The van der Waals surface area contributed by atoms with Gasteiger partial charge >= 0.3 is 0 Å². The van der Waals surface area contributed by atoms with Crippen molar-refractivity contribution >= 4 is 11.4 Å². The molecular formula is C18H28N3. The molecule has 2 rings (SSSR count). The highest BCUT2D eigenvalue weighted by Gasteiger charge is 2.15. The lowest BCUT2D eigenvalue weighted by Crippen LogP contribution is -1.92. The summed E-state index contributed by atoms with van der Waals surface area (Å²) < 4.78 is 0. The Balaban J connectivity index is 1.64. The minimum Gasteiger partial charge on any atom is -0.128 e. The standard InChI is InChI=1S/C18H28N3/c1-3-4-5-6-7-8-9-10-11-12-16-15(2)13-14-17-18(16)20-21-19-17/h13-14H,3-12H2,1-2H3. The van der Waals surface area contributed by atoms with Crippen LogP contribution < -0.4 is 5.43 Å². The average molecular weight is 286 g/mol. The largest absolute Gasteiger partial charge is 0.128 e. The van der Waals surface area contributed by atoms with E-state index in [0.717, 1.165) is 17.8 Å². The van der Waals surface area contributed by atoms with Gasteiger partial charge in [-0.25, -0.2) is 0 Å². The number of rotatable bonds is 10. The maximum Gasteiger partial charge on any atom is 0.118 e. The molecule has 1 aromatic rings. The molecule has 0 atom stereocenters. The Morgan fingerprint density at radius 1 is 0.857 bits per heavy atom. The molecule has 21 heavy (non-hydrogen) atoms. The number of benzene rings is 1. The number of unbranched alkanes of at least 4 members (excludes halogenated alkanes) is 8. The van der Waals surface area contributed by atoms with Crippen molar-refractivity contribution in [1.82, 2.24) is 5.43 Å². The molecule has 0 bridgehead atoms. The van der Waals surface area contributed by atoms with E-state index in [1.54, 1.807) is 0 Å². The summed E-state index contributed by atoms with van der Waals surface area (Å²) in [5.41, 5.74) is 8.67. The van der Waals surface area contributed by atoms with Gasteiger partial charge in [0.2, 0.25) is 0 Å². The zero-order chi connectivity index (χ0) is 14.9. The van der Waals surface area contributed by atoms with Gasteiger partial charge in [0.25, 0.3) is 0 Å². The quantitative estimate of drug-likeness (QED) is 0.452. The Kier molecular flexibility index (Phi) is 6.71. The first kappa shape index (κ1) is 16.0. The minimum atomic E-state index is 0.937. The molecule has 1 aromatic carbocycles. The van der Waals surface area contributed by atoms with E-state index in [2.05, 4.69) is 35.7 Å². The number of aryl methyl sites for hydroxylation is 1. The van der Waals surface area contributed by atoms with Crippen molar-refractivity contribution < 1.29 is 0 Å². The van der Waals surface area contributed by atoms with Gasteiger partial charge in [-0.3, -0.25) is 0 Å². The molecule has 0 fully saturated rings. The molecule has 1 heterocycles. The molecule has 0 aliphatic carbocycles. The Labute approximate surface area is 129 Å². The van der Waals surface area contributed by atoms with E-state index < -0.39 is 0 Å². The fourth-order valence-electron chi connectivity index (χ4n) is 2.96. The summed E-state index contributed by atoms with van der Waals surface area (Å²) in [7, 11) is 0. The fraction of sp³-hybridized carbons (Fsp3) is 0.667. The Bertz CT molecular complexity index is 466. The highest BCUT2D eigenvalue weighted by Crippen LogP contribution is 2.36. The number of nitrogens with zero attached hydrogens (tertiary/aromatic N) is 3. The lowest BCUT2D eigenvalue weighted by molar-refractivity contribution is 0.564. The number of hydrogen-bond donors (Lipinski definition) is 0. The fourth-order valence-corrected chi connectivity index (χ4v) is 2.96. The van der Waals surface area contributed by atoms with Gasteiger partial charge < -0.3 is 0 Å². The first-order valence-corrected chi connectivity index (χ1v) is 8.57. The van der Waals surface area contributed by atoms with Crippen molar-refractivity contribution in [3.8, 4) is 0 Å². The van der Waals surface area contributed by atoms with Gasteiger partial charge in [-0.05, 0) is 42.2 Å². The topological polar surface area (TPSA) is 38.8 Å². The average Bonchev–Trinajstić information content (AvgIpc) is 2.96. The third kappa shape index (κ3) is 4.83.